The first-order valence-corrected chi connectivity index (χ1v) is 6.98. The predicted molar refractivity (Wildman–Crippen MR) is 81.3 cm³/mol. The topological polar surface area (TPSA) is 35.8 Å². The van der Waals surface area contributed by atoms with Gasteiger partial charge >= 0.3 is 0 Å². The van der Waals surface area contributed by atoms with Crippen LogP contribution in [0.3, 0.4) is 0 Å². The van der Waals surface area contributed by atoms with E-state index in [0.717, 1.165) is 20.3 Å². The Morgan fingerprint density at radius 1 is 1.06 bits per heavy atom. The largest absolute Gasteiger partial charge is 0.353 e. The number of hydrogen-bond donors (Lipinski definition) is 1. The molecular formula is C13H7Br2ClN2. The van der Waals surface area contributed by atoms with Crippen molar-refractivity contribution in [1.82, 2.24) is 0 Å². The van der Waals surface area contributed by atoms with Crippen LogP contribution in [-0.4, -0.2) is 0 Å². The molecule has 0 aromatic heterocycles. The summed E-state index contributed by atoms with van der Waals surface area (Å²) in [5, 5.41) is 12.5. The lowest BCUT2D eigenvalue weighted by Crippen LogP contribution is -1.92. The third-order valence-electron chi connectivity index (χ3n) is 2.30. The first-order chi connectivity index (χ1) is 8.60. The SMILES string of the molecule is N#Cc1ccc(Nc2ccc(Br)cc2Br)c(Cl)c1. The van der Waals surface area contributed by atoms with E-state index in [0.29, 0.717) is 10.6 Å². The maximum atomic E-state index is 8.78. The summed E-state index contributed by atoms with van der Waals surface area (Å²) in [5.74, 6) is 0. The zero-order valence-electron chi connectivity index (χ0n) is 9.05. The summed E-state index contributed by atoms with van der Waals surface area (Å²) in [5.41, 5.74) is 2.21. The van der Waals surface area contributed by atoms with Crippen molar-refractivity contribution < 1.29 is 0 Å². The molecular weight excluding hydrogens is 379 g/mol. The third-order valence-corrected chi connectivity index (χ3v) is 3.76. The molecule has 90 valence electrons. The van der Waals surface area contributed by atoms with Crippen molar-refractivity contribution in [2.24, 2.45) is 0 Å². The quantitative estimate of drug-likeness (QED) is 0.742. The number of hydrogen-bond acceptors (Lipinski definition) is 2. The molecule has 2 aromatic carbocycles. The summed E-state index contributed by atoms with van der Waals surface area (Å²) in [6.07, 6.45) is 0. The van der Waals surface area contributed by atoms with Crippen molar-refractivity contribution in [3.05, 3.63) is 55.9 Å². The molecule has 0 spiro atoms. The Morgan fingerprint density at radius 3 is 2.39 bits per heavy atom. The molecule has 0 heterocycles. The number of nitrogens with one attached hydrogen (secondary N) is 1. The molecule has 0 saturated carbocycles. The van der Waals surface area contributed by atoms with Crippen LogP contribution >= 0.6 is 43.5 Å². The molecule has 2 nitrogen and oxygen atoms in total. The van der Waals surface area contributed by atoms with E-state index < -0.39 is 0 Å². The highest BCUT2D eigenvalue weighted by Crippen LogP contribution is 2.32. The summed E-state index contributed by atoms with van der Waals surface area (Å²) in [4.78, 5) is 0. The highest BCUT2D eigenvalue weighted by molar-refractivity contribution is 9.11. The Morgan fingerprint density at radius 2 is 1.78 bits per heavy atom. The van der Waals surface area contributed by atoms with Crippen molar-refractivity contribution in [3.63, 3.8) is 0 Å². The van der Waals surface area contributed by atoms with Gasteiger partial charge in [-0.3, -0.25) is 0 Å². The number of benzene rings is 2. The molecule has 5 heteroatoms. The number of nitrogens with zero attached hydrogens (tertiary/aromatic N) is 1. The minimum absolute atomic E-state index is 0.517. The van der Waals surface area contributed by atoms with E-state index in [1.807, 2.05) is 18.2 Å². The molecule has 18 heavy (non-hydrogen) atoms. The van der Waals surface area contributed by atoms with Crippen LogP contribution in [0, 0.1) is 11.3 Å². The number of rotatable bonds is 2. The molecule has 0 radical (unpaired) electrons. The second-order valence-electron chi connectivity index (χ2n) is 3.56. The molecule has 0 amide bonds. The lowest BCUT2D eigenvalue weighted by Gasteiger charge is -2.10. The van der Waals surface area contributed by atoms with Gasteiger partial charge in [0.2, 0.25) is 0 Å². The molecule has 1 N–H and O–H groups in total. The fraction of sp³-hybridized carbons (Fsp3) is 0. The molecule has 0 atom stereocenters. The van der Waals surface area contributed by atoms with Gasteiger partial charge in [0.25, 0.3) is 0 Å². The van der Waals surface area contributed by atoms with Gasteiger partial charge in [0, 0.05) is 8.95 Å². The van der Waals surface area contributed by atoms with E-state index in [1.165, 1.54) is 0 Å². The van der Waals surface area contributed by atoms with Gasteiger partial charge in [-0.1, -0.05) is 27.5 Å². The predicted octanol–water partition coefficient (Wildman–Crippen LogP) is 5.48. The molecule has 0 aliphatic rings. The summed E-state index contributed by atoms with van der Waals surface area (Å²) in [6, 6.07) is 13.0. The average Bonchev–Trinajstić information content (AvgIpc) is 2.34. The minimum atomic E-state index is 0.517. The van der Waals surface area contributed by atoms with E-state index in [2.05, 4.69) is 43.2 Å². The highest BCUT2D eigenvalue weighted by atomic mass is 79.9. The fourth-order valence-corrected chi connectivity index (χ4v) is 2.80. The van der Waals surface area contributed by atoms with Gasteiger partial charge in [0.05, 0.1) is 28.0 Å². The first-order valence-electron chi connectivity index (χ1n) is 5.02. The van der Waals surface area contributed by atoms with Crippen LogP contribution in [-0.2, 0) is 0 Å². The van der Waals surface area contributed by atoms with E-state index in [1.54, 1.807) is 18.2 Å². The van der Waals surface area contributed by atoms with E-state index in [4.69, 9.17) is 16.9 Å². The van der Waals surface area contributed by atoms with Gasteiger partial charge in [-0.2, -0.15) is 5.26 Å². The van der Waals surface area contributed by atoms with Crippen LogP contribution in [0.15, 0.2) is 45.3 Å². The Balaban J connectivity index is 2.32. The highest BCUT2D eigenvalue weighted by Gasteiger charge is 2.05. The van der Waals surface area contributed by atoms with Crippen LogP contribution in [0.4, 0.5) is 11.4 Å². The minimum Gasteiger partial charge on any atom is -0.353 e. The van der Waals surface area contributed by atoms with Crippen LogP contribution < -0.4 is 5.32 Å². The second kappa shape index (κ2) is 5.75. The van der Waals surface area contributed by atoms with Crippen molar-refractivity contribution in [2.75, 3.05) is 5.32 Å². The molecule has 0 bridgehead atoms. The normalized spacial score (nSPS) is 9.89. The first kappa shape index (κ1) is 13.4. The second-order valence-corrected chi connectivity index (χ2v) is 5.73. The summed E-state index contributed by atoms with van der Waals surface area (Å²) in [7, 11) is 0. The lowest BCUT2D eigenvalue weighted by atomic mass is 10.2. The van der Waals surface area contributed by atoms with Gasteiger partial charge in [-0.25, -0.2) is 0 Å². The Kier molecular flexibility index (Phi) is 4.28. The van der Waals surface area contributed by atoms with Gasteiger partial charge in [0.15, 0.2) is 0 Å². The van der Waals surface area contributed by atoms with Gasteiger partial charge in [-0.15, -0.1) is 0 Å². The van der Waals surface area contributed by atoms with Crippen molar-refractivity contribution in [2.45, 2.75) is 0 Å². The zero-order valence-corrected chi connectivity index (χ0v) is 13.0. The molecule has 2 rings (SSSR count). The maximum absolute atomic E-state index is 8.78. The van der Waals surface area contributed by atoms with Crippen LogP contribution in [0.5, 0.6) is 0 Å². The van der Waals surface area contributed by atoms with Crippen molar-refractivity contribution >= 4 is 54.8 Å². The lowest BCUT2D eigenvalue weighted by molar-refractivity contribution is 1.47. The number of nitriles is 1. The molecule has 0 saturated heterocycles. The number of halogens is 3. The summed E-state index contributed by atoms with van der Waals surface area (Å²) >= 11 is 13.0. The molecule has 2 aromatic rings. The summed E-state index contributed by atoms with van der Waals surface area (Å²) in [6.45, 7) is 0. The Labute approximate surface area is 127 Å². The fourth-order valence-electron chi connectivity index (χ4n) is 1.42. The molecule has 0 fully saturated rings. The Hall–Kier alpha value is -1.02. The van der Waals surface area contributed by atoms with E-state index in [-0.39, 0.29) is 0 Å². The molecule has 0 unspecified atom stereocenters. The molecule has 0 aliphatic carbocycles. The van der Waals surface area contributed by atoms with Crippen LogP contribution in [0.1, 0.15) is 5.56 Å². The average molecular weight is 386 g/mol. The third kappa shape index (κ3) is 3.05. The standard InChI is InChI=1S/C13H7Br2ClN2/c14-9-2-4-12(10(15)6-9)18-13-3-1-8(7-17)5-11(13)16/h1-6,18H. The zero-order chi connectivity index (χ0) is 13.1. The van der Waals surface area contributed by atoms with Gasteiger partial charge < -0.3 is 5.32 Å². The Bertz CT molecular complexity index is 635. The molecule has 0 aliphatic heterocycles. The maximum Gasteiger partial charge on any atom is 0.0992 e. The van der Waals surface area contributed by atoms with Gasteiger partial charge in [0.1, 0.15) is 0 Å². The summed E-state index contributed by atoms with van der Waals surface area (Å²) < 4.78 is 1.92. The van der Waals surface area contributed by atoms with Gasteiger partial charge in [-0.05, 0) is 52.3 Å². The van der Waals surface area contributed by atoms with Crippen molar-refractivity contribution in [3.8, 4) is 6.07 Å². The number of anilines is 2. The monoisotopic (exact) mass is 384 g/mol. The van der Waals surface area contributed by atoms with Crippen LogP contribution in [0.25, 0.3) is 0 Å². The van der Waals surface area contributed by atoms with E-state index in [9.17, 15) is 0 Å². The smallest absolute Gasteiger partial charge is 0.0992 e. The van der Waals surface area contributed by atoms with Crippen molar-refractivity contribution in [1.29, 1.82) is 5.26 Å². The van der Waals surface area contributed by atoms with Crippen LogP contribution in [0.2, 0.25) is 5.02 Å². The van der Waals surface area contributed by atoms with E-state index >= 15 is 0 Å².